The molecule has 3 rings (SSSR count). The number of nitrogens with zero attached hydrogens (tertiary/aromatic N) is 5. The molecule has 0 N–H and O–H groups in total. The molecule has 23 heavy (non-hydrogen) atoms. The lowest BCUT2D eigenvalue weighted by molar-refractivity contribution is 0.0622. The molecule has 0 bridgehead atoms. The van der Waals surface area contributed by atoms with E-state index in [0.29, 0.717) is 11.3 Å². The SMILES string of the molecule is Cc1cc(C(=O)N2CCN(Cc3nnc(C)n3C)CC2)c(C)o1. The van der Waals surface area contributed by atoms with Crippen LogP contribution in [0.25, 0.3) is 0 Å². The van der Waals surface area contributed by atoms with Gasteiger partial charge in [-0.25, -0.2) is 0 Å². The van der Waals surface area contributed by atoms with Gasteiger partial charge in [-0.2, -0.15) is 0 Å². The summed E-state index contributed by atoms with van der Waals surface area (Å²) in [4.78, 5) is 16.8. The Balaban J connectivity index is 1.59. The van der Waals surface area contributed by atoms with E-state index in [0.717, 1.165) is 50.1 Å². The average molecular weight is 317 g/mol. The molecule has 2 aromatic rings. The highest BCUT2D eigenvalue weighted by Gasteiger charge is 2.25. The van der Waals surface area contributed by atoms with E-state index in [-0.39, 0.29) is 5.91 Å². The Hall–Kier alpha value is -2.15. The molecule has 0 spiro atoms. The molecule has 0 aromatic carbocycles. The van der Waals surface area contributed by atoms with Crippen LogP contribution < -0.4 is 0 Å². The summed E-state index contributed by atoms with van der Waals surface area (Å²) in [5, 5.41) is 8.29. The van der Waals surface area contributed by atoms with E-state index in [2.05, 4.69) is 15.1 Å². The third kappa shape index (κ3) is 3.14. The molecular weight excluding hydrogens is 294 g/mol. The predicted molar refractivity (Wildman–Crippen MR) is 85.1 cm³/mol. The van der Waals surface area contributed by atoms with E-state index >= 15 is 0 Å². The van der Waals surface area contributed by atoms with Crippen molar-refractivity contribution < 1.29 is 9.21 Å². The maximum Gasteiger partial charge on any atom is 0.257 e. The second-order valence-corrected chi connectivity index (χ2v) is 6.12. The lowest BCUT2D eigenvalue weighted by Crippen LogP contribution is -2.48. The molecule has 1 aliphatic rings. The smallest absolute Gasteiger partial charge is 0.257 e. The number of hydrogen-bond donors (Lipinski definition) is 0. The van der Waals surface area contributed by atoms with Crippen molar-refractivity contribution in [2.45, 2.75) is 27.3 Å². The van der Waals surface area contributed by atoms with Gasteiger partial charge in [-0.15, -0.1) is 10.2 Å². The molecule has 0 aliphatic carbocycles. The van der Waals surface area contributed by atoms with Crippen LogP contribution in [0.5, 0.6) is 0 Å². The zero-order valence-corrected chi connectivity index (χ0v) is 14.2. The van der Waals surface area contributed by atoms with Crippen LogP contribution in [-0.2, 0) is 13.6 Å². The number of rotatable bonds is 3. The zero-order chi connectivity index (χ0) is 16.6. The van der Waals surface area contributed by atoms with Gasteiger partial charge in [0.1, 0.15) is 23.2 Å². The second-order valence-electron chi connectivity index (χ2n) is 6.12. The number of furan rings is 1. The van der Waals surface area contributed by atoms with Crippen molar-refractivity contribution in [1.82, 2.24) is 24.6 Å². The molecule has 7 heteroatoms. The molecule has 3 heterocycles. The predicted octanol–water partition coefficient (Wildman–Crippen LogP) is 1.29. The summed E-state index contributed by atoms with van der Waals surface area (Å²) in [5.74, 6) is 3.42. The van der Waals surface area contributed by atoms with E-state index in [4.69, 9.17) is 4.42 Å². The Labute approximate surface area is 135 Å². The second kappa shape index (κ2) is 6.16. The summed E-state index contributed by atoms with van der Waals surface area (Å²) in [5.41, 5.74) is 0.680. The van der Waals surface area contributed by atoms with Gasteiger partial charge in [0.25, 0.3) is 5.91 Å². The largest absolute Gasteiger partial charge is 0.466 e. The van der Waals surface area contributed by atoms with Gasteiger partial charge in [-0.1, -0.05) is 0 Å². The molecule has 1 saturated heterocycles. The quantitative estimate of drug-likeness (QED) is 0.853. The standard InChI is InChI=1S/C16H23N5O2/c1-11-9-14(12(2)23-11)16(22)21-7-5-20(6-8-21)10-15-18-17-13(3)19(15)4/h9H,5-8,10H2,1-4H3. The summed E-state index contributed by atoms with van der Waals surface area (Å²) in [7, 11) is 1.98. The third-order valence-electron chi connectivity index (χ3n) is 4.48. The monoisotopic (exact) mass is 317 g/mol. The first-order valence-corrected chi connectivity index (χ1v) is 7.89. The molecule has 1 amide bonds. The highest BCUT2D eigenvalue weighted by Crippen LogP contribution is 2.17. The normalized spacial score (nSPS) is 16.1. The molecule has 1 fully saturated rings. The summed E-state index contributed by atoms with van der Waals surface area (Å²) in [6.07, 6.45) is 0. The highest BCUT2D eigenvalue weighted by atomic mass is 16.3. The van der Waals surface area contributed by atoms with E-state index in [9.17, 15) is 4.79 Å². The molecule has 0 unspecified atom stereocenters. The Morgan fingerprint density at radius 3 is 2.39 bits per heavy atom. The summed E-state index contributed by atoms with van der Waals surface area (Å²) >= 11 is 0. The minimum atomic E-state index is 0.0634. The van der Waals surface area contributed by atoms with Gasteiger partial charge >= 0.3 is 0 Å². The third-order valence-corrected chi connectivity index (χ3v) is 4.48. The van der Waals surface area contributed by atoms with Gasteiger partial charge in [-0.3, -0.25) is 9.69 Å². The van der Waals surface area contributed by atoms with E-state index in [1.54, 1.807) is 0 Å². The van der Waals surface area contributed by atoms with Crippen LogP contribution in [-0.4, -0.2) is 56.7 Å². The van der Waals surface area contributed by atoms with Crippen molar-refractivity contribution in [2.24, 2.45) is 7.05 Å². The zero-order valence-electron chi connectivity index (χ0n) is 14.2. The van der Waals surface area contributed by atoms with Crippen molar-refractivity contribution in [3.63, 3.8) is 0 Å². The Bertz CT molecular complexity index is 710. The Morgan fingerprint density at radius 1 is 1.17 bits per heavy atom. The maximum atomic E-state index is 12.6. The van der Waals surface area contributed by atoms with Crippen molar-refractivity contribution in [2.75, 3.05) is 26.2 Å². The van der Waals surface area contributed by atoms with Crippen LogP contribution in [0.2, 0.25) is 0 Å². The number of hydrogen-bond acceptors (Lipinski definition) is 5. The number of amides is 1. The van der Waals surface area contributed by atoms with Crippen LogP contribution in [0.3, 0.4) is 0 Å². The van der Waals surface area contributed by atoms with Gasteiger partial charge in [-0.05, 0) is 26.8 Å². The number of aromatic nitrogens is 3. The Morgan fingerprint density at radius 2 is 1.87 bits per heavy atom. The number of piperazine rings is 1. The van der Waals surface area contributed by atoms with Crippen molar-refractivity contribution in [1.29, 1.82) is 0 Å². The fourth-order valence-corrected chi connectivity index (χ4v) is 2.91. The first-order chi connectivity index (χ1) is 11.0. The van der Waals surface area contributed by atoms with E-state index < -0.39 is 0 Å². The molecular formula is C16H23N5O2. The minimum Gasteiger partial charge on any atom is -0.466 e. The first-order valence-electron chi connectivity index (χ1n) is 7.89. The van der Waals surface area contributed by atoms with Crippen molar-refractivity contribution in [3.05, 3.63) is 34.8 Å². The lowest BCUT2D eigenvalue weighted by Gasteiger charge is -2.34. The number of carbonyl (C=O) groups is 1. The molecule has 1 aliphatic heterocycles. The van der Waals surface area contributed by atoms with Gasteiger partial charge < -0.3 is 13.9 Å². The summed E-state index contributed by atoms with van der Waals surface area (Å²) in [6, 6.07) is 1.83. The van der Waals surface area contributed by atoms with Crippen LogP contribution in [0.15, 0.2) is 10.5 Å². The van der Waals surface area contributed by atoms with Crippen LogP contribution in [0.4, 0.5) is 0 Å². The molecule has 0 atom stereocenters. The fraction of sp³-hybridized carbons (Fsp3) is 0.562. The summed E-state index contributed by atoms with van der Waals surface area (Å²) in [6.45, 7) is 9.54. The molecule has 7 nitrogen and oxygen atoms in total. The van der Waals surface area contributed by atoms with E-state index in [1.165, 1.54) is 0 Å². The van der Waals surface area contributed by atoms with Crippen molar-refractivity contribution in [3.8, 4) is 0 Å². The molecule has 0 radical (unpaired) electrons. The van der Waals surface area contributed by atoms with Crippen LogP contribution in [0, 0.1) is 20.8 Å². The number of carbonyl (C=O) groups excluding carboxylic acids is 1. The Kier molecular flexibility index (Phi) is 4.21. The minimum absolute atomic E-state index is 0.0634. The van der Waals surface area contributed by atoms with Crippen LogP contribution in [0.1, 0.15) is 33.5 Å². The first kappa shape index (κ1) is 15.7. The van der Waals surface area contributed by atoms with E-state index in [1.807, 2.05) is 43.4 Å². The van der Waals surface area contributed by atoms with Crippen molar-refractivity contribution >= 4 is 5.91 Å². The van der Waals surface area contributed by atoms with Gasteiger partial charge in [0.2, 0.25) is 0 Å². The van der Waals surface area contributed by atoms with Gasteiger partial charge in [0.15, 0.2) is 0 Å². The topological polar surface area (TPSA) is 67.4 Å². The molecule has 0 saturated carbocycles. The highest BCUT2D eigenvalue weighted by molar-refractivity contribution is 5.95. The molecule has 2 aromatic heterocycles. The van der Waals surface area contributed by atoms with Gasteiger partial charge in [0.05, 0.1) is 12.1 Å². The average Bonchev–Trinajstić information content (AvgIpc) is 3.03. The van der Waals surface area contributed by atoms with Gasteiger partial charge in [0, 0.05) is 33.2 Å². The van der Waals surface area contributed by atoms with Crippen LogP contribution >= 0.6 is 0 Å². The molecule has 124 valence electrons. The summed E-state index contributed by atoms with van der Waals surface area (Å²) < 4.78 is 7.48. The lowest BCUT2D eigenvalue weighted by atomic mass is 10.2. The fourth-order valence-electron chi connectivity index (χ4n) is 2.91. The maximum absolute atomic E-state index is 12.6. The number of aryl methyl sites for hydroxylation is 3.